The van der Waals surface area contributed by atoms with E-state index in [1.165, 1.54) is 12.0 Å². The number of amides is 3. The van der Waals surface area contributed by atoms with E-state index in [4.69, 9.17) is 4.74 Å². The lowest BCUT2D eigenvalue weighted by molar-refractivity contribution is -0.119. The molecule has 1 heterocycles. The molecule has 0 saturated carbocycles. The van der Waals surface area contributed by atoms with Crippen LogP contribution < -0.4 is 16.0 Å². The highest BCUT2D eigenvalue weighted by molar-refractivity contribution is 7.09. The molecule has 1 aromatic heterocycles. The predicted molar refractivity (Wildman–Crippen MR) is 95.2 cm³/mol. The largest absolute Gasteiger partial charge is 0.375 e. The smallest absolute Gasteiger partial charge is 0.315 e. The summed E-state index contributed by atoms with van der Waals surface area (Å²) in [5, 5.41) is 10.4. The van der Waals surface area contributed by atoms with E-state index < -0.39 is 0 Å². The van der Waals surface area contributed by atoms with Crippen molar-refractivity contribution >= 4 is 29.0 Å². The number of hydrogen-bond donors (Lipinski definition) is 3. The molecule has 0 unspecified atom stereocenters. The van der Waals surface area contributed by atoms with E-state index in [2.05, 4.69) is 16.0 Å². The summed E-state index contributed by atoms with van der Waals surface area (Å²) >= 11 is 1.68. The summed E-state index contributed by atoms with van der Waals surface area (Å²) in [6, 6.07) is 11.2. The third-order valence-electron chi connectivity index (χ3n) is 3.18. The van der Waals surface area contributed by atoms with Crippen LogP contribution in [-0.2, 0) is 22.5 Å². The Hall–Kier alpha value is -2.38. The highest BCUT2D eigenvalue weighted by Crippen LogP contribution is 2.10. The molecule has 0 aliphatic rings. The lowest BCUT2D eigenvalue weighted by Gasteiger charge is -2.09. The second-order valence-electron chi connectivity index (χ2n) is 5.12. The Kier molecular flexibility index (Phi) is 7.25. The molecule has 0 fully saturated rings. The minimum atomic E-state index is -0.214. The van der Waals surface area contributed by atoms with Gasteiger partial charge in [-0.3, -0.25) is 4.79 Å². The molecule has 1 aromatic carbocycles. The number of carbonyl (C=O) groups excluding carboxylic acids is 2. The molecule has 3 amide bonds. The number of benzene rings is 1. The van der Waals surface area contributed by atoms with Crippen molar-refractivity contribution < 1.29 is 14.3 Å². The molecule has 0 spiro atoms. The van der Waals surface area contributed by atoms with Gasteiger partial charge < -0.3 is 20.7 Å². The second-order valence-corrected chi connectivity index (χ2v) is 6.15. The monoisotopic (exact) mass is 347 g/mol. The Morgan fingerprint density at radius 2 is 2.04 bits per heavy atom. The first kappa shape index (κ1) is 18.0. The fraction of sp³-hybridized carbons (Fsp3) is 0.294. The van der Waals surface area contributed by atoms with Crippen LogP contribution in [0, 0.1) is 0 Å². The van der Waals surface area contributed by atoms with E-state index in [0.29, 0.717) is 18.8 Å². The van der Waals surface area contributed by atoms with Crippen LogP contribution >= 0.6 is 11.3 Å². The number of anilines is 1. The topological polar surface area (TPSA) is 79.5 Å². The van der Waals surface area contributed by atoms with Crippen molar-refractivity contribution in [2.24, 2.45) is 0 Å². The first-order valence-electron chi connectivity index (χ1n) is 7.59. The van der Waals surface area contributed by atoms with Gasteiger partial charge in [-0.25, -0.2) is 4.79 Å². The van der Waals surface area contributed by atoms with Crippen molar-refractivity contribution in [3.63, 3.8) is 0 Å². The molecule has 0 bridgehead atoms. The molecule has 0 atom stereocenters. The van der Waals surface area contributed by atoms with Gasteiger partial charge in [0.05, 0.1) is 0 Å². The van der Waals surface area contributed by atoms with Crippen molar-refractivity contribution in [2.75, 3.05) is 25.6 Å². The molecular weight excluding hydrogens is 326 g/mol. The molecule has 0 aliphatic heterocycles. The van der Waals surface area contributed by atoms with Gasteiger partial charge in [-0.1, -0.05) is 18.2 Å². The van der Waals surface area contributed by atoms with Gasteiger partial charge in [0.15, 0.2) is 0 Å². The number of nitrogens with one attached hydrogen (secondary N) is 3. The quantitative estimate of drug-likeness (QED) is 0.686. The molecular formula is C17H21N3O3S. The molecule has 0 saturated heterocycles. The van der Waals surface area contributed by atoms with Crippen LogP contribution in [-0.4, -0.2) is 32.2 Å². The van der Waals surface area contributed by atoms with Crippen LogP contribution in [0.3, 0.4) is 0 Å². The third kappa shape index (κ3) is 6.39. The maximum atomic E-state index is 11.8. The maximum Gasteiger partial charge on any atom is 0.315 e. The van der Waals surface area contributed by atoms with Crippen LogP contribution in [0.15, 0.2) is 41.8 Å². The first-order valence-corrected chi connectivity index (χ1v) is 8.47. The average molecular weight is 347 g/mol. The van der Waals surface area contributed by atoms with Crippen molar-refractivity contribution in [1.82, 2.24) is 10.6 Å². The fourth-order valence-corrected chi connectivity index (χ4v) is 2.80. The van der Waals surface area contributed by atoms with E-state index in [9.17, 15) is 9.59 Å². The number of urea groups is 1. The zero-order valence-electron chi connectivity index (χ0n) is 13.5. The molecule has 6 nitrogen and oxygen atoms in total. The molecule has 2 aromatic rings. The number of ether oxygens (including phenoxy) is 1. The summed E-state index contributed by atoms with van der Waals surface area (Å²) in [7, 11) is 1.47. The Morgan fingerprint density at radius 1 is 1.17 bits per heavy atom. The molecule has 3 N–H and O–H groups in total. The van der Waals surface area contributed by atoms with Crippen LogP contribution in [0.25, 0.3) is 0 Å². The SMILES string of the molecule is COCC(=O)Nc1cccc(CNC(=O)NCCc2cccs2)c1. The Bertz CT molecular complexity index is 659. The first-order chi connectivity index (χ1) is 11.7. The van der Waals surface area contributed by atoms with Crippen molar-refractivity contribution in [2.45, 2.75) is 13.0 Å². The van der Waals surface area contributed by atoms with Gasteiger partial charge in [0, 0.05) is 30.8 Å². The molecule has 0 radical (unpaired) electrons. The number of carbonyl (C=O) groups is 2. The molecule has 0 aliphatic carbocycles. The lowest BCUT2D eigenvalue weighted by atomic mass is 10.2. The van der Waals surface area contributed by atoms with Crippen molar-refractivity contribution in [3.8, 4) is 0 Å². The minimum Gasteiger partial charge on any atom is -0.375 e. The minimum absolute atomic E-state index is 0.00905. The normalized spacial score (nSPS) is 10.2. The molecule has 24 heavy (non-hydrogen) atoms. The van der Waals surface area contributed by atoms with E-state index in [-0.39, 0.29) is 18.5 Å². The van der Waals surface area contributed by atoms with Crippen LogP contribution in [0.1, 0.15) is 10.4 Å². The van der Waals surface area contributed by atoms with E-state index >= 15 is 0 Å². The molecule has 2 rings (SSSR count). The van der Waals surface area contributed by atoms with Gasteiger partial charge in [-0.15, -0.1) is 11.3 Å². The number of thiophene rings is 1. The van der Waals surface area contributed by atoms with E-state index in [1.54, 1.807) is 17.4 Å². The second kappa shape index (κ2) is 9.69. The van der Waals surface area contributed by atoms with Crippen molar-refractivity contribution in [1.29, 1.82) is 0 Å². The lowest BCUT2D eigenvalue weighted by Crippen LogP contribution is -2.36. The van der Waals surface area contributed by atoms with E-state index in [0.717, 1.165) is 12.0 Å². The van der Waals surface area contributed by atoms with Gasteiger partial charge in [0.1, 0.15) is 6.61 Å². The Balaban J connectivity index is 1.72. The van der Waals surface area contributed by atoms with Crippen LogP contribution in [0.5, 0.6) is 0 Å². The third-order valence-corrected chi connectivity index (χ3v) is 4.11. The van der Waals surface area contributed by atoms with E-state index in [1.807, 2.05) is 35.7 Å². The predicted octanol–water partition coefficient (Wildman–Crippen LogP) is 2.37. The molecule has 128 valence electrons. The number of rotatable bonds is 8. The fourth-order valence-electron chi connectivity index (χ4n) is 2.09. The maximum absolute atomic E-state index is 11.8. The highest BCUT2D eigenvalue weighted by atomic mass is 32.1. The summed E-state index contributed by atoms with van der Waals surface area (Å²) < 4.78 is 4.77. The average Bonchev–Trinajstić information content (AvgIpc) is 3.07. The number of hydrogen-bond acceptors (Lipinski definition) is 4. The van der Waals surface area contributed by atoms with Gasteiger partial charge in [-0.05, 0) is 35.6 Å². The van der Waals surface area contributed by atoms with Gasteiger partial charge in [-0.2, -0.15) is 0 Å². The van der Waals surface area contributed by atoms with Crippen LogP contribution in [0.2, 0.25) is 0 Å². The summed E-state index contributed by atoms with van der Waals surface area (Å²) in [6.07, 6.45) is 0.825. The zero-order valence-corrected chi connectivity index (χ0v) is 14.3. The van der Waals surface area contributed by atoms with Crippen molar-refractivity contribution in [3.05, 3.63) is 52.2 Å². The van der Waals surface area contributed by atoms with Gasteiger partial charge in [0.2, 0.25) is 5.91 Å². The van der Waals surface area contributed by atoms with Gasteiger partial charge in [0.25, 0.3) is 0 Å². The standard InChI is InChI=1S/C17H21N3O3S/c1-23-12-16(21)20-14-5-2-4-13(10-14)11-19-17(22)18-8-7-15-6-3-9-24-15/h2-6,9-10H,7-8,11-12H2,1H3,(H,20,21)(H2,18,19,22). The zero-order chi connectivity index (χ0) is 17.2. The van der Waals surface area contributed by atoms with Gasteiger partial charge >= 0.3 is 6.03 Å². The molecule has 7 heteroatoms. The summed E-state index contributed by atoms with van der Waals surface area (Å²) in [6.45, 7) is 0.993. The summed E-state index contributed by atoms with van der Waals surface area (Å²) in [4.78, 5) is 24.5. The number of methoxy groups -OCH3 is 1. The summed E-state index contributed by atoms with van der Waals surface area (Å²) in [5.41, 5.74) is 1.58. The summed E-state index contributed by atoms with van der Waals surface area (Å²) in [5.74, 6) is -0.214. The van der Waals surface area contributed by atoms with Crippen LogP contribution in [0.4, 0.5) is 10.5 Å². The Morgan fingerprint density at radius 3 is 2.79 bits per heavy atom. The Labute approximate surface area is 145 Å². The highest BCUT2D eigenvalue weighted by Gasteiger charge is 2.04.